The van der Waals surface area contributed by atoms with Crippen LogP contribution in [0.4, 0.5) is 34.6 Å². The zero-order chi connectivity index (χ0) is 52.8. The highest BCUT2D eigenvalue weighted by atomic mass is 15.3. The summed E-state index contributed by atoms with van der Waals surface area (Å²) in [5.41, 5.74) is 26.1. The van der Waals surface area contributed by atoms with Gasteiger partial charge in [-0.15, -0.1) is 0 Å². The minimum absolute atomic E-state index is 0.167. The molecule has 2 aromatic heterocycles. The highest BCUT2D eigenvalue weighted by molar-refractivity contribution is 5.89. The summed E-state index contributed by atoms with van der Waals surface area (Å²) in [6.45, 7) is 18.3. The van der Waals surface area contributed by atoms with Crippen molar-refractivity contribution in [3.8, 4) is 33.4 Å². The second-order valence-electron chi connectivity index (χ2n) is 22.4. The monoisotopic (exact) mass is 998 g/mol. The van der Waals surface area contributed by atoms with Gasteiger partial charge in [0.05, 0.1) is 0 Å². The molecule has 0 radical (unpaired) electrons. The maximum atomic E-state index is 4.57. The van der Waals surface area contributed by atoms with E-state index in [1.807, 2.05) is 0 Å². The van der Waals surface area contributed by atoms with Crippen molar-refractivity contribution < 1.29 is 0 Å². The van der Waals surface area contributed by atoms with Gasteiger partial charge >= 0.3 is 0 Å². The van der Waals surface area contributed by atoms with E-state index in [9.17, 15) is 0 Å². The SMILES string of the molecule is Cc1cccc(N(c2ccc3c(c2)C(C)(C)c2cc(C=Cc4ccc5c(c4)C(C)(C)c4cc(C=Cc6ccc7c(c6)C(C)(C)c6cc(N(c8cccc(C)c8)c8ncncn8)ccc6-7)ccc4-5)ccc2-3)c2ncncn2)c1. The number of aryl methyl sites for hydroxylation is 2. The Balaban J connectivity index is 0.732. The topological polar surface area (TPSA) is 83.8 Å². The zero-order valence-electron chi connectivity index (χ0n) is 44.7. The van der Waals surface area contributed by atoms with Gasteiger partial charge in [-0.05, 0) is 163 Å². The van der Waals surface area contributed by atoms with Gasteiger partial charge in [0.25, 0.3) is 0 Å². The predicted molar refractivity (Wildman–Crippen MR) is 315 cm³/mol. The lowest BCUT2D eigenvalue weighted by Gasteiger charge is -2.26. The van der Waals surface area contributed by atoms with Crippen LogP contribution >= 0.6 is 0 Å². The first-order valence-electron chi connectivity index (χ1n) is 26.4. The molecule has 2 heterocycles. The van der Waals surface area contributed by atoms with E-state index in [0.29, 0.717) is 11.9 Å². The van der Waals surface area contributed by atoms with Crippen LogP contribution in [0.1, 0.15) is 108 Å². The summed E-state index contributed by atoms with van der Waals surface area (Å²) in [6, 6.07) is 58.2. The molecular formula is C69H58N8. The Labute approximate surface area is 451 Å². The molecule has 8 nitrogen and oxygen atoms in total. The third-order valence-electron chi connectivity index (χ3n) is 16.4. The lowest BCUT2D eigenvalue weighted by atomic mass is 9.81. The van der Waals surface area contributed by atoms with Crippen LogP contribution in [-0.4, -0.2) is 29.9 Å². The third-order valence-corrected chi connectivity index (χ3v) is 16.4. The molecule has 0 saturated heterocycles. The summed E-state index contributed by atoms with van der Waals surface area (Å²) in [6.07, 6.45) is 15.3. The molecule has 0 saturated carbocycles. The Morgan fingerprint density at radius 3 is 0.883 bits per heavy atom. The van der Waals surface area contributed by atoms with Crippen molar-refractivity contribution in [1.82, 2.24) is 29.9 Å². The van der Waals surface area contributed by atoms with Crippen molar-refractivity contribution in [3.05, 3.63) is 250 Å². The molecule has 0 fully saturated rings. The van der Waals surface area contributed by atoms with Gasteiger partial charge in [-0.3, -0.25) is 9.80 Å². The fourth-order valence-corrected chi connectivity index (χ4v) is 12.3. The maximum Gasteiger partial charge on any atom is 0.237 e. The molecule has 8 aromatic carbocycles. The van der Waals surface area contributed by atoms with Crippen molar-refractivity contribution in [2.24, 2.45) is 0 Å². The molecule has 77 heavy (non-hydrogen) atoms. The average molecular weight is 999 g/mol. The summed E-state index contributed by atoms with van der Waals surface area (Å²) in [4.78, 5) is 30.7. The minimum Gasteiger partial charge on any atom is -0.279 e. The van der Waals surface area contributed by atoms with E-state index in [1.165, 1.54) is 100 Å². The number of aromatic nitrogens is 6. The summed E-state index contributed by atoms with van der Waals surface area (Å²) in [5.74, 6) is 1.17. The molecule has 0 N–H and O–H groups in total. The highest BCUT2D eigenvalue weighted by Gasteiger charge is 2.39. The Hall–Kier alpha value is -9.14. The highest BCUT2D eigenvalue weighted by Crippen LogP contribution is 2.54. The number of anilines is 6. The van der Waals surface area contributed by atoms with Crippen LogP contribution in [0.25, 0.3) is 57.7 Å². The Kier molecular flexibility index (Phi) is 11.1. The van der Waals surface area contributed by atoms with E-state index in [0.717, 1.165) is 22.7 Å². The smallest absolute Gasteiger partial charge is 0.237 e. The van der Waals surface area contributed by atoms with Gasteiger partial charge in [0.2, 0.25) is 11.9 Å². The summed E-state index contributed by atoms with van der Waals surface area (Å²) in [7, 11) is 0. The van der Waals surface area contributed by atoms with Crippen LogP contribution in [0.3, 0.4) is 0 Å². The van der Waals surface area contributed by atoms with Crippen molar-refractivity contribution >= 4 is 59.0 Å². The van der Waals surface area contributed by atoms with E-state index in [1.54, 1.807) is 25.3 Å². The number of rotatable bonds is 10. The number of nitrogens with zero attached hydrogens (tertiary/aromatic N) is 8. The van der Waals surface area contributed by atoms with E-state index in [4.69, 9.17) is 0 Å². The second kappa shape index (κ2) is 18.0. The summed E-state index contributed by atoms with van der Waals surface area (Å²) in [5, 5.41) is 0. The number of hydrogen-bond donors (Lipinski definition) is 0. The van der Waals surface area contributed by atoms with Gasteiger partial charge in [-0.1, -0.05) is 175 Å². The van der Waals surface area contributed by atoms with Crippen LogP contribution in [0.15, 0.2) is 183 Å². The van der Waals surface area contributed by atoms with Crippen molar-refractivity contribution in [1.29, 1.82) is 0 Å². The van der Waals surface area contributed by atoms with Crippen LogP contribution in [0.2, 0.25) is 0 Å². The minimum atomic E-state index is -0.223. The number of hydrogen-bond acceptors (Lipinski definition) is 8. The molecule has 0 amide bonds. The Bertz CT molecular complexity index is 3800. The van der Waals surface area contributed by atoms with Gasteiger partial charge in [0, 0.05) is 39.0 Å². The fraction of sp³-hybridized carbons (Fsp3) is 0.159. The van der Waals surface area contributed by atoms with Crippen molar-refractivity contribution in [3.63, 3.8) is 0 Å². The standard InChI is InChI=1S/C69H58N8/c1-43-11-9-13-49(31-43)76(65-72-39-70-40-73-65)51-23-29-57-55-27-21-47(35-61(55)68(5,6)63(57)37-51)17-15-45-19-25-53-54-26-20-46(34-60(54)67(3,4)59(53)33-45)16-18-48-22-28-56-58-30-24-52(38-64(58)69(7,8)62(56)36-48)77(66-74-41-71-42-75-66)50-14-10-12-44(2)32-50/h9-42H,1-8H3. The molecule has 8 heteroatoms. The molecule has 374 valence electrons. The van der Waals surface area contributed by atoms with E-state index < -0.39 is 0 Å². The lowest BCUT2D eigenvalue weighted by molar-refractivity contribution is 0.660. The summed E-state index contributed by atoms with van der Waals surface area (Å²) < 4.78 is 0. The van der Waals surface area contributed by atoms with Crippen LogP contribution in [-0.2, 0) is 16.2 Å². The van der Waals surface area contributed by atoms with Crippen molar-refractivity contribution in [2.75, 3.05) is 9.80 Å². The Morgan fingerprint density at radius 1 is 0.312 bits per heavy atom. The molecule has 13 rings (SSSR count). The first kappa shape index (κ1) is 47.6. The van der Waals surface area contributed by atoms with Gasteiger partial charge in [-0.2, -0.15) is 0 Å². The molecule has 0 unspecified atom stereocenters. The molecule has 10 aromatic rings. The van der Waals surface area contributed by atoms with E-state index >= 15 is 0 Å². The molecule has 0 atom stereocenters. The fourth-order valence-electron chi connectivity index (χ4n) is 12.3. The predicted octanol–water partition coefficient (Wildman–Crippen LogP) is 16.9. The largest absolute Gasteiger partial charge is 0.279 e. The van der Waals surface area contributed by atoms with Gasteiger partial charge in [0.1, 0.15) is 25.3 Å². The molecule has 0 spiro atoms. The van der Waals surface area contributed by atoms with Crippen LogP contribution < -0.4 is 9.80 Å². The van der Waals surface area contributed by atoms with E-state index in [2.05, 4.69) is 277 Å². The second-order valence-corrected chi connectivity index (χ2v) is 22.4. The average Bonchev–Trinajstić information content (AvgIpc) is 4.16. The lowest BCUT2D eigenvalue weighted by Crippen LogP contribution is -2.17. The normalized spacial score (nSPS) is 14.7. The van der Waals surface area contributed by atoms with Crippen LogP contribution in [0, 0.1) is 13.8 Å². The number of benzene rings is 8. The summed E-state index contributed by atoms with van der Waals surface area (Å²) >= 11 is 0. The van der Waals surface area contributed by atoms with Gasteiger partial charge in [0.15, 0.2) is 0 Å². The quantitative estimate of drug-likeness (QED) is 0.125. The molecular weight excluding hydrogens is 941 g/mol. The van der Waals surface area contributed by atoms with Crippen molar-refractivity contribution in [2.45, 2.75) is 71.6 Å². The zero-order valence-corrected chi connectivity index (χ0v) is 44.7. The van der Waals surface area contributed by atoms with Crippen LogP contribution in [0.5, 0.6) is 0 Å². The first-order valence-corrected chi connectivity index (χ1v) is 26.4. The first-order chi connectivity index (χ1) is 37.2. The molecule has 3 aliphatic rings. The maximum absolute atomic E-state index is 4.57. The molecule has 0 bridgehead atoms. The molecule has 3 aliphatic carbocycles. The number of fused-ring (bicyclic) bond motifs is 9. The van der Waals surface area contributed by atoms with Gasteiger partial charge < -0.3 is 0 Å². The van der Waals surface area contributed by atoms with E-state index in [-0.39, 0.29) is 16.2 Å². The van der Waals surface area contributed by atoms with Gasteiger partial charge in [-0.25, -0.2) is 29.9 Å². The molecule has 0 aliphatic heterocycles. The third kappa shape index (κ3) is 8.06. The Morgan fingerprint density at radius 2 is 0.584 bits per heavy atom.